The Hall–Kier alpha value is -0.780. The Kier molecular flexibility index (Phi) is 8.75. The molecule has 0 heterocycles. The second-order valence-electron chi connectivity index (χ2n) is 1.88. The molecule has 0 spiro atoms. The number of rotatable bonds is 4. The van der Waals surface area contributed by atoms with Gasteiger partial charge in [0.25, 0.3) is 0 Å². The highest BCUT2D eigenvalue weighted by Crippen LogP contribution is 1.99. The van der Waals surface area contributed by atoms with Gasteiger partial charge in [-0.2, -0.15) is 5.26 Å². The van der Waals surface area contributed by atoms with Gasteiger partial charge < -0.3 is 0 Å². The van der Waals surface area contributed by atoms with Crippen molar-refractivity contribution in [3.05, 3.63) is 0 Å². The Morgan fingerprint density at radius 3 is 3.00 bits per heavy atom. The number of nitrogens with zero attached hydrogens (tertiary/aromatic N) is 2. The summed E-state index contributed by atoms with van der Waals surface area (Å²) in [5, 5.41) is 11.5. The maximum atomic E-state index is 8.32. The summed E-state index contributed by atoms with van der Waals surface area (Å²) in [7, 11) is 0. The van der Waals surface area contributed by atoms with Crippen molar-refractivity contribution in [2.75, 3.05) is 24.3 Å². The van der Waals surface area contributed by atoms with E-state index in [9.17, 15) is 0 Å². The predicted molar refractivity (Wildman–Crippen MR) is 60.7 cm³/mol. The molecule has 0 saturated heterocycles. The van der Waals surface area contributed by atoms with Crippen LogP contribution >= 0.6 is 23.5 Å². The molecular weight excluding hydrogens is 202 g/mol. The largest absolute Gasteiger partial charge is 0.272 e. The summed E-state index contributed by atoms with van der Waals surface area (Å²) >= 11 is 3.09. The molecule has 0 aromatic carbocycles. The van der Waals surface area contributed by atoms with E-state index >= 15 is 0 Å². The van der Waals surface area contributed by atoms with Crippen molar-refractivity contribution in [1.29, 1.82) is 5.26 Å². The third-order valence-electron chi connectivity index (χ3n) is 1.03. The fourth-order valence-corrected chi connectivity index (χ4v) is 1.40. The number of nitriles is 1. The SMILES string of the molecule is C#CCSCCN=C(NC#N)SC. The normalized spacial score (nSPS) is 10.2. The van der Waals surface area contributed by atoms with Crippen molar-refractivity contribution in [1.82, 2.24) is 5.32 Å². The highest BCUT2D eigenvalue weighted by Gasteiger charge is 1.92. The molecule has 0 aliphatic carbocycles. The minimum atomic E-state index is 0.656. The van der Waals surface area contributed by atoms with Gasteiger partial charge in [0.15, 0.2) is 11.4 Å². The minimum absolute atomic E-state index is 0.656. The first-order valence-corrected chi connectivity index (χ1v) is 5.97. The van der Waals surface area contributed by atoms with Gasteiger partial charge in [-0.3, -0.25) is 10.3 Å². The highest BCUT2D eigenvalue weighted by atomic mass is 32.2. The average Bonchev–Trinajstić information content (AvgIpc) is 2.16. The molecule has 0 aromatic rings. The summed E-state index contributed by atoms with van der Waals surface area (Å²) in [5.74, 6) is 4.14. The van der Waals surface area contributed by atoms with Crippen molar-refractivity contribution < 1.29 is 0 Å². The molecule has 0 radical (unpaired) electrons. The molecule has 1 N–H and O–H groups in total. The zero-order chi connectivity index (χ0) is 9.94. The first-order valence-electron chi connectivity index (χ1n) is 3.60. The number of aliphatic imine (C=N–C) groups is 1. The van der Waals surface area contributed by atoms with Crippen LogP contribution in [0.4, 0.5) is 0 Å². The van der Waals surface area contributed by atoms with Gasteiger partial charge in [0.1, 0.15) is 0 Å². The summed E-state index contributed by atoms with van der Waals surface area (Å²) in [6, 6.07) is 0. The van der Waals surface area contributed by atoms with Gasteiger partial charge in [-0.05, 0) is 6.26 Å². The first kappa shape index (κ1) is 12.2. The van der Waals surface area contributed by atoms with Gasteiger partial charge >= 0.3 is 0 Å². The van der Waals surface area contributed by atoms with E-state index in [-0.39, 0.29) is 0 Å². The molecule has 0 rings (SSSR count). The number of terminal acetylenes is 1. The number of thioether (sulfide) groups is 2. The first-order chi connectivity index (χ1) is 6.35. The zero-order valence-electron chi connectivity index (χ0n) is 7.41. The fourth-order valence-electron chi connectivity index (χ4n) is 0.546. The topological polar surface area (TPSA) is 48.2 Å². The second kappa shape index (κ2) is 9.31. The molecule has 0 aliphatic rings. The van der Waals surface area contributed by atoms with E-state index in [2.05, 4.69) is 16.2 Å². The van der Waals surface area contributed by atoms with Gasteiger partial charge in [-0.1, -0.05) is 17.7 Å². The van der Waals surface area contributed by atoms with Gasteiger partial charge in [-0.15, -0.1) is 18.2 Å². The Morgan fingerprint density at radius 1 is 1.69 bits per heavy atom. The van der Waals surface area contributed by atoms with Crippen LogP contribution in [0.5, 0.6) is 0 Å². The summed E-state index contributed by atoms with van der Waals surface area (Å²) in [5.41, 5.74) is 0. The molecular formula is C8H11N3S2. The number of nitrogens with one attached hydrogen (secondary N) is 1. The highest BCUT2D eigenvalue weighted by molar-refractivity contribution is 8.13. The standard InChI is InChI=1S/C8H11N3S2/c1-3-5-13-6-4-10-8(12-2)11-7-9/h1H,4-6H2,2H3,(H,10,11). The molecule has 0 fully saturated rings. The summed E-state index contributed by atoms with van der Waals surface area (Å²) in [6.07, 6.45) is 8.78. The average molecular weight is 213 g/mol. The predicted octanol–water partition coefficient (Wildman–Crippen LogP) is 1.14. The third kappa shape index (κ3) is 7.58. The quantitative estimate of drug-likeness (QED) is 0.190. The van der Waals surface area contributed by atoms with E-state index in [0.717, 1.165) is 11.5 Å². The van der Waals surface area contributed by atoms with Gasteiger partial charge in [0.2, 0.25) is 0 Å². The summed E-state index contributed by atoms with van der Waals surface area (Å²) in [6.45, 7) is 0.692. The molecule has 0 aromatic heterocycles. The number of hydrogen-bond acceptors (Lipinski definition) is 4. The van der Waals surface area contributed by atoms with Crippen LogP contribution in [-0.2, 0) is 0 Å². The number of hydrogen-bond donors (Lipinski definition) is 1. The van der Waals surface area contributed by atoms with Crippen LogP contribution in [0.1, 0.15) is 0 Å². The van der Waals surface area contributed by atoms with Crippen molar-refractivity contribution >= 4 is 28.7 Å². The third-order valence-corrected chi connectivity index (χ3v) is 2.49. The maximum absolute atomic E-state index is 8.32. The maximum Gasteiger partial charge on any atom is 0.183 e. The molecule has 0 atom stereocenters. The smallest absolute Gasteiger partial charge is 0.183 e. The van der Waals surface area contributed by atoms with E-state index in [0.29, 0.717) is 11.7 Å². The minimum Gasteiger partial charge on any atom is -0.272 e. The van der Waals surface area contributed by atoms with E-state index in [1.54, 1.807) is 11.8 Å². The van der Waals surface area contributed by atoms with Crippen LogP contribution in [0.3, 0.4) is 0 Å². The monoisotopic (exact) mass is 213 g/mol. The lowest BCUT2D eigenvalue weighted by Gasteiger charge is -1.98. The molecule has 0 saturated carbocycles. The van der Waals surface area contributed by atoms with E-state index < -0.39 is 0 Å². The van der Waals surface area contributed by atoms with Crippen LogP contribution in [-0.4, -0.2) is 29.5 Å². The molecule has 70 valence electrons. The van der Waals surface area contributed by atoms with E-state index in [1.165, 1.54) is 11.8 Å². The van der Waals surface area contributed by atoms with E-state index in [1.807, 2.05) is 12.4 Å². The Labute approximate surface area is 87.4 Å². The van der Waals surface area contributed by atoms with Crippen LogP contribution in [0.25, 0.3) is 0 Å². The molecule has 13 heavy (non-hydrogen) atoms. The van der Waals surface area contributed by atoms with Gasteiger partial charge in [-0.25, -0.2) is 0 Å². The van der Waals surface area contributed by atoms with Crippen molar-refractivity contribution in [2.24, 2.45) is 4.99 Å². The molecule has 0 aliphatic heterocycles. The van der Waals surface area contributed by atoms with Crippen LogP contribution < -0.4 is 5.32 Å². The Bertz CT molecular complexity index is 237. The second-order valence-corrected chi connectivity index (χ2v) is 3.78. The molecule has 5 heteroatoms. The lowest BCUT2D eigenvalue weighted by atomic mass is 10.8. The lowest BCUT2D eigenvalue weighted by molar-refractivity contribution is 1.12. The molecule has 0 bridgehead atoms. The van der Waals surface area contributed by atoms with Crippen LogP contribution in [0.15, 0.2) is 4.99 Å². The zero-order valence-corrected chi connectivity index (χ0v) is 9.04. The summed E-state index contributed by atoms with van der Waals surface area (Å²) in [4.78, 5) is 4.16. The van der Waals surface area contributed by atoms with Crippen molar-refractivity contribution in [2.45, 2.75) is 0 Å². The molecule has 3 nitrogen and oxygen atoms in total. The summed E-state index contributed by atoms with van der Waals surface area (Å²) < 4.78 is 0. The van der Waals surface area contributed by atoms with Crippen molar-refractivity contribution in [3.63, 3.8) is 0 Å². The number of amidine groups is 1. The Balaban J connectivity index is 3.57. The van der Waals surface area contributed by atoms with Crippen LogP contribution in [0, 0.1) is 23.8 Å². The Morgan fingerprint density at radius 2 is 2.46 bits per heavy atom. The van der Waals surface area contributed by atoms with Gasteiger partial charge in [0.05, 0.1) is 12.3 Å². The molecule has 0 amide bonds. The van der Waals surface area contributed by atoms with Crippen molar-refractivity contribution in [3.8, 4) is 18.5 Å². The van der Waals surface area contributed by atoms with Crippen LogP contribution in [0.2, 0.25) is 0 Å². The molecule has 0 unspecified atom stereocenters. The van der Waals surface area contributed by atoms with E-state index in [4.69, 9.17) is 11.7 Å². The fraction of sp³-hybridized carbons (Fsp3) is 0.500. The van der Waals surface area contributed by atoms with Gasteiger partial charge in [0, 0.05) is 5.75 Å². The lowest BCUT2D eigenvalue weighted by Crippen LogP contribution is -2.13.